The number of hydrogen-bond acceptors (Lipinski definition) is 3. The van der Waals surface area contributed by atoms with Crippen LogP contribution in [0.15, 0.2) is 16.6 Å². The van der Waals surface area contributed by atoms with Gasteiger partial charge in [-0.3, -0.25) is 4.79 Å². The SMILES string of the molecule is CC(C)CCNC(=O)COc1c(N)cc(F)cc1Br. The molecule has 6 heteroatoms. The molecule has 0 spiro atoms. The highest BCUT2D eigenvalue weighted by atomic mass is 79.9. The van der Waals surface area contributed by atoms with Crippen LogP contribution in [-0.4, -0.2) is 19.1 Å². The lowest BCUT2D eigenvalue weighted by molar-refractivity contribution is -0.123. The van der Waals surface area contributed by atoms with E-state index in [9.17, 15) is 9.18 Å². The summed E-state index contributed by atoms with van der Waals surface area (Å²) < 4.78 is 18.7. The molecular formula is C13H18BrFN2O2. The van der Waals surface area contributed by atoms with Crippen molar-refractivity contribution in [3.63, 3.8) is 0 Å². The molecule has 0 aromatic heterocycles. The number of nitrogen functional groups attached to an aromatic ring is 1. The van der Waals surface area contributed by atoms with Crippen molar-refractivity contribution < 1.29 is 13.9 Å². The van der Waals surface area contributed by atoms with Gasteiger partial charge in [0.15, 0.2) is 12.4 Å². The molecular weight excluding hydrogens is 315 g/mol. The zero-order valence-corrected chi connectivity index (χ0v) is 12.6. The van der Waals surface area contributed by atoms with Gasteiger partial charge in [-0.2, -0.15) is 0 Å². The third kappa shape index (κ3) is 5.46. The second-order valence-corrected chi connectivity index (χ2v) is 5.48. The summed E-state index contributed by atoms with van der Waals surface area (Å²) >= 11 is 3.14. The van der Waals surface area contributed by atoms with E-state index < -0.39 is 5.82 Å². The molecule has 19 heavy (non-hydrogen) atoms. The molecule has 106 valence electrons. The smallest absolute Gasteiger partial charge is 0.257 e. The molecule has 0 saturated heterocycles. The molecule has 0 aliphatic rings. The van der Waals surface area contributed by atoms with E-state index in [4.69, 9.17) is 10.5 Å². The maximum atomic E-state index is 13.0. The average molecular weight is 333 g/mol. The molecule has 0 saturated carbocycles. The topological polar surface area (TPSA) is 64.3 Å². The molecule has 0 unspecified atom stereocenters. The van der Waals surface area contributed by atoms with Crippen LogP contribution in [0.3, 0.4) is 0 Å². The molecule has 0 bridgehead atoms. The Hall–Kier alpha value is -1.30. The molecule has 1 aromatic carbocycles. The fraction of sp³-hybridized carbons (Fsp3) is 0.462. The van der Waals surface area contributed by atoms with Crippen LogP contribution < -0.4 is 15.8 Å². The third-order valence-corrected chi connectivity index (χ3v) is 3.02. The van der Waals surface area contributed by atoms with Gasteiger partial charge in [-0.15, -0.1) is 0 Å². The van der Waals surface area contributed by atoms with Gasteiger partial charge >= 0.3 is 0 Å². The molecule has 1 aromatic rings. The normalized spacial score (nSPS) is 10.6. The number of benzene rings is 1. The van der Waals surface area contributed by atoms with Gasteiger partial charge in [-0.05, 0) is 34.3 Å². The molecule has 4 nitrogen and oxygen atoms in total. The van der Waals surface area contributed by atoms with Gasteiger partial charge in [0.25, 0.3) is 5.91 Å². The molecule has 0 aliphatic carbocycles. The summed E-state index contributed by atoms with van der Waals surface area (Å²) in [6.07, 6.45) is 0.911. The van der Waals surface area contributed by atoms with E-state index in [0.717, 1.165) is 12.5 Å². The Morgan fingerprint density at radius 2 is 2.21 bits per heavy atom. The highest BCUT2D eigenvalue weighted by Crippen LogP contribution is 2.32. The summed E-state index contributed by atoms with van der Waals surface area (Å²) in [6, 6.07) is 2.39. The van der Waals surface area contributed by atoms with E-state index in [-0.39, 0.29) is 24.0 Å². The number of amides is 1. The third-order valence-electron chi connectivity index (χ3n) is 2.43. The first kappa shape index (κ1) is 15.8. The summed E-state index contributed by atoms with van der Waals surface area (Å²) in [5.41, 5.74) is 5.78. The van der Waals surface area contributed by atoms with Crippen LogP contribution in [0.4, 0.5) is 10.1 Å². The van der Waals surface area contributed by atoms with Gasteiger partial charge in [0.1, 0.15) is 5.82 Å². The van der Waals surface area contributed by atoms with E-state index in [1.807, 2.05) is 0 Å². The number of hydrogen-bond donors (Lipinski definition) is 2. The van der Waals surface area contributed by atoms with Crippen molar-refractivity contribution in [2.45, 2.75) is 20.3 Å². The summed E-state index contributed by atoms with van der Waals surface area (Å²) in [6.45, 7) is 4.63. The predicted octanol–water partition coefficient (Wildman–Crippen LogP) is 2.71. The standard InChI is InChI=1S/C13H18BrFN2O2/c1-8(2)3-4-17-12(18)7-19-13-10(14)5-9(15)6-11(13)16/h5-6,8H,3-4,7,16H2,1-2H3,(H,17,18). The van der Waals surface area contributed by atoms with Crippen molar-refractivity contribution in [3.8, 4) is 5.75 Å². The van der Waals surface area contributed by atoms with Gasteiger partial charge in [-0.1, -0.05) is 13.8 Å². The molecule has 0 heterocycles. The molecule has 0 radical (unpaired) electrons. The van der Waals surface area contributed by atoms with Crippen LogP contribution in [0.1, 0.15) is 20.3 Å². The van der Waals surface area contributed by atoms with Crippen molar-refractivity contribution in [1.82, 2.24) is 5.32 Å². The summed E-state index contributed by atoms with van der Waals surface area (Å²) in [5.74, 6) is 0.123. The number of nitrogens with one attached hydrogen (secondary N) is 1. The number of halogens is 2. The maximum absolute atomic E-state index is 13.0. The summed E-state index contributed by atoms with van der Waals surface area (Å²) in [7, 11) is 0. The molecule has 0 aliphatic heterocycles. The molecule has 1 rings (SSSR count). The van der Waals surface area contributed by atoms with Gasteiger partial charge in [0.05, 0.1) is 10.2 Å². The lowest BCUT2D eigenvalue weighted by atomic mass is 10.1. The Balaban J connectivity index is 2.46. The largest absolute Gasteiger partial charge is 0.480 e. The number of ether oxygens (including phenoxy) is 1. The van der Waals surface area contributed by atoms with Crippen LogP contribution in [-0.2, 0) is 4.79 Å². The fourth-order valence-electron chi connectivity index (χ4n) is 1.42. The number of rotatable bonds is 6. The molecule has 0 fully saturated rings. The first-order valence-electron chi connectivity index (χ1n) is 6.04. The van der Waals surface area contributed by atoms with Crippen molar-refractivity contribution in [2.75, 3.05) is 18.9 Å². The molecule has 0 atom stereocenters. The lowest BCUT2D eigenvalue weighted by Crippen LogP contribution is -2.30. The van der Waals surface area contributed by atoms with E-state index >= 15 is 0 Å². The number of carbonyl (C=O) groups excluding carboxylic acids is 1. The van der Waals surface area contributed by atoms with Crippen molar-refractivity contribution in [3.05, 3.63) is 22.4 Å². The quantitative estimate of drug-likeness (QED) is 0.787. The predicted molar refractivity (Wildman–Crippen MR) is 76.5 cm³/mol. The average Bonchev–Trinajstić information content (AvgIpc) is 2.26. The molecule has 1 amide bonds. The first-order valence-corrected chi connectivity index (χ1v) is 6.83. The van der Waals surface area contributed by atoms with E-state index in [0.29, 0.717) is 16.9 Å². The minimum absolute atomic E-state index is 0.146. The fourth-order valence-corrected chi connectivity index (χ4v) is 1.98. The van der Waals surface area contributed by atoms with Gasteiger partial charge in [0.2, 0.25) is 0 Å². The minimum atomic E-state index is -0.460. The number of anilines is 1. The Morgan fingerprint density at radius 1 is 1.53 bits per heavy atom. The zero-order valence-electron chi connectivity index (χ0n) is 11.0. The summed E-state index contributed by atoms with van der Waals surface area (Å²) in [5, 5.41) is 2.74. The monoisotopic (exact) mass is 332 g/mol. The zero-order chi connectivity index (χ0) is 14.4. The molecule has 3 N–H and O–H groups in total. The Labute approximate surface area is 120 Å². The van der Waals surface area contributed by atoms with Crippen molar-refractivity contribution in [2.24, 2.45) is 5.92 Å². The van der Waals surface area contributed by atoms with Crippen LogP contribution >= 0.6 is 15.9 Å². The van der Waals surface area contributed by atoms with Gasteiger partial charge in [0, 0.05) is 12.6 Å². The van der Waals surface area contributed by atoms with Crippen LogP contribution in [0.5, 0.6) is 5.75 Å². The van der Waals surface area contributed by atoms with Crippen LogP contribution in [0.25, 0.3) is 0 Å². The van der Waals surface area contributed by atoms with Crippen molar-refractivity contribution in [1.29, 1.82) is 0 Å². The second-order valence-electron chi connectivity index (χ2n) is 4.63. The summed E-state index contributed by atoms with van der Waals surface area (Å²) in [4.78, 5) is 11.5. The van der Waals surface area contributed by atoms with E-state index in [1.165, 1.54) is 6.07 Å². The second kappa shape index (κ2) is 7.33. The Morgan fingerprint density at radius 3 is 2.79 bits per heavy atom. The van der Waals surface area contributed by atoms with E-state index in [2.05, 4.69) is 35.1 Å². The van der Waals surface area contributed by atoms with Crippen LogP contribution in [0.2, 0.25) is 0 Å². The highest BCUT2D eigenvalue weighted by Gasteiger charge is 2.10. The van der Waals surface area contributed by atoms with Gasteiger partial charge < -0.3 is 15.8 Å². The number of nitrogens with two attached hydrogens (primary N) is 1. The highest BCUT2D eigenvalue weighted by molar-refractivity contribution is 9.10. The maximum Gasteiger partial charge on any atom is 0.257 e. The van der Waals surface area contributed by atoms with Gasteiger partial charge in [-0.25, -0.2) is 4.39 Å². The first-order chi connectivity index (χ1) is 8.90. The van der Waals surface area contributed by atoms with Crippen molar-refractivity contribution >= 4 is 27.5 Å². The van der Waals surface area contributed by atoms with E-state index in [1.54, 1.807) is 0 Å². The minimum Gasteiger partial charge on any atom is -0.480 e. The Kier molecular flexibility index (Phi) is 6.08. The number of carbonyl (C=O) groups is 1. The van der Waals surface area contributed by atoms with Crippen LogP contribution in [0, 0.1) is 11.7 Å². The Bertz CT molecular complexity index is 429. The lowest BCUT2D eigenvalue weighted by Gasteiger charge is -2.11.